The summed E-state index contributed by atoms with van der Waals surface area (Å²) in [7, 11) is 0. The van der Waals surface area contributed by atoms with Gasteiger partial charge in [-0.15, -0.1) is 11.3 Å². The molecular weight excluding hydrogens is 216 g/mol. The summed E-state index contributed by atoms with van der Waals surface area (Å²) in [5.74, 6) is 0.678. The maximum atomic E-state index is 4.70. The Bertz CT molecular complexity index is 366. The minimum Gasteiger partial charge on any atom is -0.361 e. The molecule has 0 fully saturated rings. The fourth-order valence-corrected chi connectivity index (χ4v) is 3.34. The molecule has 0 aromatic carbocycles. The van der Waals surface area contributed by atoms with Crippen molar-refractivity contribution >= 4 is 16.5 Å². The number of nitrogens with one attached hydrogen (secondary N) is 1. The summed E-state index contributed by atoms with van der Waals surface area (Å²) in [4.78, 5) is 6.20. The van der Waals surface area contributed by atoms with Gasteiger partial charge in [0.05, 0.1) is 5.69 Å². The number of nitrogens with zero attached hydrogens (tertiary/aromatic N) is 1. The standard InChI is InChI=1S/C13H22N2S/c1-9(2)8-14-12-15-10-5-6-13(3,4)7-11(10)16-12/h9H,5-8H2,1-4H3,(H,14,15). The van der Waals surface area contributed by atoms with Crippen molar-refractivity contribution < 1.29 is 0 Å². The van der Waals surface area contributed by atoms with Crippen molar-refractivity contribution in [3.05, 3.63) is 10.6 Å². The van der Waals surface area contributed by atoms with Crippen LogP contribution in [0.5, 0.6) is 0 Å². The van der Waals surface area contributed by atoms with E-state index in [1.165, 1.54) is 23.4 Å². The van der Waals surface area contributed by atoms with E-state index in [0.29, 0.717) is 11.3 Å². The van der Waals surface area contributed by atoms with E-state index in [2.05, 4.69) is 33.0 Å². The third-order valence-electron chi connectivity index (χ3n) is 3.12. The molecule has 1 aromatic heterocycles. The van der Waals surface area contributed by atoms with E-state index in [-0.39, 0.29) is 0 Å². The molecule has 1 heterocycles. The average molecular weight is 238 g/mol. The molecule has 90 valence electrons. The first-order chi connectivity index (χ1) is 7.46. The number of anilines is 1. The number of thiazole rings is 1. The summed E-state index contributed by atoms with van der Waals surface area (Å²) < 4.78 is 0. The van der Waals surface area contributed by atoms with E-state index in [4.69, 9.17) is 4.98 Å². The third kappa shape index (κ3) is 2.76. The van der Waals surface area contributed by atoms with Gasteiger partial charge in [0.15, 0.2) is 5.13 Å². The van der Waals surface area contributed by atoms with Crippen LogP contribution in [-0.4, -0.2) is 11.5 Å². The Morgan fingerprint density at radius 1 is 1.44 bits per heavy atom. The molecule has 2 nitrogen and oxygen atoms in total. The normalized spacial score (nSPS) is 18.6. The van der Waals surface area contributed by atoms with Crippen molar-refractivity contribution in [3.63, 3.8) is 0 Å². The Morgan fingerprint density at radius 3 is 2.88 bits per heavy atom. The topological polar surface area (TPSA) is 24.9 Å². The minimum absolute atomic E-state index is 0.467. The molecule has 0 unspecified atom stereocenters. The molecule has 1 aliphatic carbocycles. The predicted octanol–water partition coefficient (Wildman–Crippen LogP) is 3.73. The molecule has 0 saturated heterocycles. The zero-order chi connectivity index (χ0) is 11.8. The molecule has 0 spiro atoms. The van der Waals surface area contributed by atoms with Gasteiger partial charge in [0.2, 0.25) is 0 Å². The van der Waals surface area contributed by atoms with Crippen LogP contribution < -0.4 is 5.32 Å². The maximum absolute atomic E-state index is 4.70. The lowest BCUT2D eigenvalue weighted by atomic mass is 9.79. The first kappa shape index (κ1) is 11.9. The lowest BCUT2D eigenvalue weighted by molar-refractivity contribution is 0.316. The molecule has 1 aliphatic rings. The molecule has 3 heteroatoms. The summed E-state index contributed by atoms with van der Waals surface area (Å²) in [6, 6.07) is 0. The van der Waals surface area contributed by atoms with Gasteiger partial charge in [-0.2, -0.15) is 0 Å². The molecule has 0 aliphatic heterocycles. The highest BCUT2D eigenvalue weighted by atomic mass is 32.1. The van der Waals surface area contributed by atoms with Crippen molar-refractivity contribution in [1.82, 2.24) is 4.98 Å². The minimum atomic E-state index is 0.467. The van der Waals surface area contributed by atoms with Gasteiger partial charge in [-0.3, -0.25) is 0 Å². The highest BCUT2D eigenvalue weighted by Gasteiger charge is 2.27. The second kappa shape index (κ2) is 4.36. The van der Waals surface area contributed by atoms with Crippen molar-refractivity contribution in [3.8, 4) is 0 Å². The van der Waals surface area contributed by atoms with E-state index in [9.17, 15) is 0 Å². The van der Waals surface area contributed by atoms with Crippen LogP contribution in [0.2, 0.25) is 0 Å². The summed E-state index contributed by atoms with van der Waals surface area (Å²) >= 11 is 1.86. The quantitative estimate of drug-likeness (QED) is 0.868. The number of fused-ring (bicyclic) bond motifs is 1. The van der Waals surface area contributed by atoms with Crippen LogP contribution >= 0.6 is 11.3 Å². The Kier molecular flexibility index (Phi) is 3.24. The molecule has 0 amide bonds. The SMILES string of the molecule is CC(C)CNc1nc2c(s1)CC(C)(C)CC2. The largest absolute Gasteiger partial charge is 0.361 e. The van der Waals surface area contributed by atoms with Gasteiger partial charge in [-0.05, 0) is 30.6 Å². The Morgan fingerprint density at radius 2 is 2.19 bits per heavy atom. The predicted molar refractivity (Wildman–Crippen MR) is 71.2 cm³/mol. The summed E-state index contributed by atoms with van der Waals surface area (Å²) in [6.07, 6.45) is 3.62. The van der Waals surface area contributed by atoms with Crippen LogP contribution in [0, 0.1) is 11.3 Å². The van der Waals surface area contributed by atoms with Crippen LogP contribution in [0.4, 0.5) is 5.13 Å². The number of rotatable bonds is 3. The average Bonchev–Trinajstić information content (AvgIpc) is 2.55. The molecule has 2 rings (SSSR count). The second-order valence-electron chi connectivity index (χ2n) is 6.00. The smallest absolute Gasteiger partial charge is 0.183 e. The zero-order valence-electron chi connectivity index (χ0n) is 10.8. The first-order valence-corrected chi connectivity index (χ1v) is 7.00. The number of aromatic nitrogens is 1. The van der Waals surface area contributed by atoms with E-state index in [0.717, 1.165) is 18.1 Å². The Balaban J connectivity index is 2.07. The van der Waals surface area contributed by atoms with Crippen LogP contribution in [0.15, 0.2) is 0 Å². The monoisotopic (exact) mass is 238 g/mol. The summed E-state index contributed by atoms with van der Waals surface area (Å²) in [5, 5.41) is 4.56. The molecule has 0 saturated carbocycles. The lowest BCUT2D eigenvalue weighted by Crippen LogP contribution is -2.20. The Labute approximate surface area is 102 Å². The highest BCUT2D eigenvalue weighted by Crippen LogP contribution is 2.38. The van der Waals surface area contributed by atoms with Crippen molar-refractivity contribution in [1.29, 1.82) is 0 Å². The second-order valence-corrected chi connectivity index (χ2v) is 7.09. The zero-order valence-corrected chi connectivity index (χ0v) is 11.6. The summed E-state index contributed by atoms with van der Waals surface area (Å²) in [6.45, 7) is 10.2. The maximum Gasteiger partial charge on any atom is 0.183 e. The van der Waals surface area contributed by atoms with Crippen molar-refractivity contribution in [2.24, 2.45) is 11.3 Å². The molecule has 0 atom stereocenters. The van der Waals surface area contributed by atoms with Crippen LogP contribution in [-0.2, 0) is 12.8 Å². The molecule has 1 aromatic rings. The van der Waals surface area contributed by atoms with E-state index < -0.39 is 0 Å². The number of hydrogen-bond acceptors (Lipinski definition) is 3. The van der Waals surface area contributed by atoms with E-state index >= 15 is 0 Å². The third-order valence-corrected chi connectivity index (χ3v) is 4.17. The highest BCUT2D eigenvalue weighted by molar-refractivity contribution is 7.15. The van der Waals surface area contributed by atoms with Gasteiger partial charge in [0.25, 0.3) is 0 Å². The first-order valence-electron chi connectivity index (χ1n) is 6.19. The Hall–Kier alpha value is -0.570. The van der Waals surface area contributed by atoms with Gasteiger partial charge in [-0.1, -0.05) is 27.7 Å². The fraction of sp³-hybridized carbons (Fsp3) is 0.769. The van der Waals surface area contributed by atoms with Gasteiger partial charge < -0.3 is 5.32 Å². The van der Waals surface area contributed by atoms with Gasteiger partial charge in [0, 0.05) is 11.4 Å². The fourth-order valence-electron chi connectivity index (χ4n) is 2.06. The van der Waals surface area contributed by atoms with Gasteiger partial charge >= 0.3 is 0 Å². The van der Waals surface area contributed by atoms with Gasteiger partial charge in [0.1, 0.15) is 0 Å². The van der Waals surface area contributed by atoms with E-state index in [1.54, 1.807) is 0 Å². The molecule has 1 N–H and O–H groups in total. The van der Waals surface area contributed by atoms with Crippen LogP contribution in [0.25, 0.3) is 0 Å². The van der Waals surface area contributed by atoms with Crippen LogP contribution in [0.3, 0.4) is 0 Å². The molecule has 0 bridgehead atoms. The van der Waals surface area contributed by atoms with E-state index in [1.807, 2.05) is 11.3 Å². The van der Waals surface area contributed by atoms with Crippen LogP contribution in [0.1, 0.15) is 44.7 Å². The molecule has 0 radical (unpaired) electrons. The summed E-state index contributed by atoms with van der Waals surface area (Å²) in [5.41, 5.74) is 1.81. The number of hydrogen-bond donors (Lipinski definition) is 1. The molecule has 16 heavy (non-hydrogen) atoms. The van der Waals surface area contributed by atoms with Crippen molar-refractivity contribution in [2.45, 2.75) is 47.0 Å². The number of aryl methyl sites for hydroxylation is 1. The van der Waals surface area contributed by atoms with Gasteiger partial charge in [-0.25, -0.2) is 4.98 Å². The lowest BCUT2D eigenvalue weighted by Gasteiger charge is -2.28. The van der Waals surface area contributed by atoms with Crippen molar-refractivity contribution in [2.75, 3.05) is 11.9 Å². The molecular formula is C13H22N2S.